The molecule has 0 fully saturated rings. The number of carbonyl (C=O) groups is 5. The second-order valence-corrected chi connectivity index (χ2v) is 15.7. The Hall–Kier alpha value is -7.14. The predicted octanol–water partition coefficient (Wildman–Crippen LogP) is 2.17. The average molecular weight is 922 g/mol. The smallest absolute Gasteiger partial charge is 0.249 e. The van der Waals surface area contributed by atoms with Gasteiger partial charge < -0.3 is 57.6 Å². The molecule has 358 valence electrons. The summed E-state index contributed by atoms with van der Waals surface area (Å²) in [4.78, 5) is 80.0. The van der Waals surface area contributed by atoms with Gasteiger partial charge in [-0.1, -0.05) is 25.5 Å². The number of aliphatic imine (C=N–C) groups is 2. The van der Waals surface area contributed by atoms with Crippen molar-refractivity contribution in [2.24, 2.45) is 27.2 Å². The Morgan fingerprint density at radius 1 is 0.910 bits per heavy atom. The Morgan fingerprint density at radius 3 is 2.18 bits per heavy atom. The Bertz CT molecular complexity index is 2340. The van der Waals surface area contributed by atoms with Gasteiger partial charge in [-0.25, -0.2) is 9.98 Å². The van der Waals surface area contributed by atoms with Gasteiger partial charge in [-0.3, -0.25) is 24.0 Å². The van der Waals surface area contributed by atoms with Crippen LogP contribution in [0, 0.1) is 11.3 Å². The highest BCUT2D eigenvalue weighted by atomic mass is 16.5. The number of hydrogen-bond acceptors (Lipinski definition) is 13. The van der Waals surface area contributed by atoms with Crippen molar-refractivity contribution < 1.29 is 38.2 Å². The third-order valence-corrected chi connectivity index (χ3v) is 10.8. The molecule has 0 saturated heterocycles. The largest absolute Gasteiger partial charge is 0.494 e. The maximum atomic E-state index is 14.7. The van der Waals surface area contributed by atoms with E-state index in [1.54, 1.807) is 74.5 Å². The molecule has 0 spiro atoms. The summed E-state index contributed by atoms with van der Waals surface area (Å²) >= 11 is 0. The Labute approximate surface area is 391 Å². The van der Waals surface area contributed by atoms with Gasteiger partial charge in [0.1, 0.15) is 61.2 Å². The number of hydrogen-bond donors (Lipinski definition) is 7. The Kier molecular flexibility index (Phi) is 20.5. The van der Waals surface area contributed by atoms with Crippen molar-refractivity contribution in [3.05, 3.63) is 88.6 Å². The molecule has 1 aliphatic heterocycles. The summed E-state index contributed by atoms with van der Waals surface area (Å²) in [5.74, 6) is -1.67. The van der Waals surface area contributed by atoms with Crippen molar-refractivity contribution in [1.29, 1.82) is 5.26 Å². The molecule has 0 saturated carbocycles. The van der Waals surface area contributed by atoms with Crippen LogP contribution < -0.4 is 52.7 Å². The summed E-state index contributed by atoms with van der Waals surface area (Å²) in [5.41, 5.74) is 20.6. The zero-order valence-electron chi connectivity index (χ0n) is 38.9. The van der Waals surface area contributed by atoms with Gasteiger partial charge in [-0.2, -0.15) is 5.26 Å². The lowest BCUT2D eigenvalue weighted by atomic mass is 9.93. The molecule has 19 nitrogen and oxygen atoms in total. The van der Waals surface area contributed by atoms with Crippen LogP contribution in [-0.2, 0) is 30.4 Å². The number of carbonyl (C=O) groups excluding carboxylic acids is 5. The van der Waals surface area contributed by atoms with Gasteiger partial charge in [-0.15, -0.1) is 0 Å². The molecule has 10 N–H and O–H groups in total. The van der Waals surface area contributed by atoms with Crippen LogP contribution in [0.3, 0.4) is 0 Å². The van der Waals surface area contributed by atoms with Crippen molar-refractivity contribution in [3.8, 4) is 34.4 Å². The first-order valence-corrected chi connectivity index (χ1v) is 22.1. The fourth-order valence-electron chi connectivity index (χ4n) is 7.03. The minimum Gasteiger partial charge on any atom is -0.494 e. The van der Waals surface area contributed by atoms with Gasteiger partial charge in [0, 0.05) is 54.5 Å². The number of nitrogens with one attached hydrogen (secondary N) is 4. The summed E-state index contributed by atoms with van der Waals surface area (Å²) in [5, 5.41) is 19.8. The van der Waals surface area contributed by atoms with E-state index >= 15 is 0 Å². The number of nitriles is 1. The van der Waals surface area contributed by atoms with Crippen LogP contribution in [0.2, 0.25) is 0 Å². The van der Waals surface area contributed by atoms with E-state index in [-0.39, 0.29) is 63.6 Å². The molecule has 5 amide bonds. The van der Waals surface area contributed by atoms with Crippen molar-refractivity contribution in [1.82, 2.24) is 26.2 Å². The second-order valence-electron chi connectivity index (χ2n) is 15.7. The van der Waals surface area contributed by atoms with E-state index in [4.69, 9.17) is 36.7 Å². The molecule has 3 aromatic carbocycles. The van der Waals surface area contributed by atoms with Crippen LogP contribution in [0.4, 0.5) is 0 Å². The SMILES string of the molecule is C=N/C(=N\C(C)=C(/C)C(=O)N[C@@H](CCN)C(=O)N(C)[C@@H]1C(=O)N[C@@H](C)C(=O)N[C@H](C(=O)NCC#N)Cc2ccc(OCCN)c(c2)-c2cc1ccc2OCCN)c1ccc(OCCCC)cc1. The summed E-state index contributed by atoms with van der Waals surface area (Å²) in [6.45, 7) is 11.3. The lowest BCUT2D eigenvalue weighted by molar-refractivity contribution is -0.142. The van der Waals surface area contributed by atoms with Crippen LogP contribution in [0.5, 0.6) is 17.2 Å². The monoisotopic (exact) mass is 921 g/mol. The first-order valence-electron chi connectivity index (χ1n) is 22.1. The number of rotatable bonds is 20. The quantitative estimate of drug-likeness (QED) is 0.0282. The van der Waals surface area contributed by atoms with Crippen molar-refractivity contribution >= 4 is 42.1 Å². The molecule has 0 radical (unpaired) electrons. The molecule has 0 aliphatic carbocycles. The van der Waals surface area contributed by atoms with Crippen molar-refractivity contribution in [2.45, 2.75) is 77.5 Å². The van der Waals surface area contributed by atoms with Crippen molar-refractivity contribution in [3.63, 3.8) is 0 Å². The molecule has 4 atom stereocenters. The Balaban J connectivity index is 1.78. The zero-order valence-corrected chi connectivity index (χ0v) is 38.9. The zero-order chi connectivity index (χ0) is 49.0. The van der Waals surface area contributed by atoms with E-state index in [0.29, 0.717) is 57.4 Å². The molecular formula is C48H63N11O8. The van der Waals surface area contributed by atoms with Gasteiger partial charge in [0.25, 0.3) is 0 Å². The van der Waals surface area contributed by atoms with Gasteiger partial charge >= 0.3 is 0 Å². The molecule has 1 aliphatic rings. The minimum absolute atomic E-state index is 0.00361. The number of likely N-dealkylation sites (N-methyl/N-ethyl adjacent to an activating group) is 1. The van der Waals surface area contributed by atoms with Crippen LogP contribution in [0.1, 0.15) is 69.7 Å². The van der Waals surface area contributed by atoms with E-state index in [0.717, 1.165) is 12.8 Å². The third kappa shape index (κ3) is 14.4. The number of allylic oxidation sites excluding steroid dienone is 1. The van der Waals surface area contributed by atoms with E-state index in [1.165, 1.54) is 18.9 Å². The number of unbranched alkanes of at least 4 members (excludes halogenated alkanes) is 1. The van der Waals surface area contributed by atoms with Gasteiger partial charge in [0.2, 0.25) is 29.5 Å². The second kappa shape index (κ2) is 26.1. The molecule has 3 aromatic rings. The minimum atomic E-state index is -1.41. The number of nitrogens with zero attached hydrogens (tertiary/aromatic N) is 4. The summed E-state index contributed by atoms with van der Waals surface area (Å²) in [7, 11) is 1.40. The van der Waals surface area contributed by atoms with E-state index in [1.807, 2.05) is 6.07 Å². The topological polar surface area (TPSA) is 291 Å². The van der Waals surface area contributed by atoms with Crippen LogP contribution in [0.25, 0.3) is 11.1 Å². The fraction of sp³-hybridized carbons (Fsp3) is 0.417. The third-order valence-electron chi connectivity index (χ3n) is 10.8. The maximum absolute atomic E-state index is 14.7. The van der Waals surface area contributed by atoms with Crippen LogP contribution >= 0.6 is 0 Å². The first-order chi connectivity index (χ1) is 32.2. The number of nitrogens with two attached hydrogens (primary N) is 3. The molecular weight excluding hydrogens is 859 g/mol. The normalized spacial score (nSPS) is 16.9. The summed E-state index contributed by atoms with van der Waals surface area (Å²) in [6.07, 6.45) is 1.92. The number of amides is 5. The summed E-state index contributed by atoms with van der Waals surface area (Å²) < 4.78 is 17.9. The summed E-state index contributed by atoms with van der Waals surface area (Å²) in [6, 6.07) is 14.1. The molecule has 4 rings (SSSR count). The molecule has 0 aromatic heterocycles. The number of benzene rings is 3. The van der Waals surface area contributed by atoms with Crippen LogP contribution in [0.15, 0.2) is 81.9 Å². The lowest BCUT2D eigenvalue weighted by Crippen LogP contribution is -2.56. The van der Waals surface area contributed by atoms with Gasteiger partial charge in [0.15, 0.2) is 5.84 Å². The molecule has 67 heavy (non-hydrogen) atoms. The van der Waals surface area contributed by atoms with E-state index in [2.05, 4.69) is 44.9 Å². The molecule has 1 heterocycles. The van der Waals surface area contributed by atoms with E-state index < -0.39 is 53.7 Å². The number of ether oxygens (including phenoxy) is 3. The van der Waals surface area contributed by atoms with Crippen molar-refractivity contribution in [2.75, 3.05) is 53.0 Å². The first kappa shape index (κ1) is 52.5. The Morgan fingerprint density at radius 2 is 1.57 bits per heavy atom. The highest BCUT2D eigenvalue weighted by Crippen LogP contribution is 2.40. The van der Waals surface area contributed by atoms with E-state index in [9.17, 15) is 24.0 Å². The lowest BCUT2D eigenvalue weighted by Gasteiger charge is -2.32. The predicted molar refractivity (Wildman–Crippen MR) is 255 cm³/mol. The highest BCUT2D eigenvalue weighted by molar-refractivity contribution is 6.03. The molecule has 19 heteroatoms. The van der Waals surface area contributed by atoms with Gasteiger partial charge in [0.05, 0.1) is 12.7 Å². The standard InChI is InChI=1S/C48H63N11O8/c1-7-8-23-65-35-13-10-33(11-14-35)43(53-5)55-30(3)29(2)44(60)57-38(17-18-49)48(64)59(6)42-34-12-16-41(67-25-21-52)37(28-34)36-26-32(9-15-40(36)66-24-20-51)27-39(46(62)54-22-19-50)58-45(61)31(4)56-47(42)63/h9-16,26,28,31,38-39,42H,5,7-8,17-18,20-25,27,49,51-52H2,1-4,6H3,(H,54,62)(H,56,63)(H,57,60)(H,58,61)/b30-29+,55-43-/t31-,38-,39-,42-/m0/s1. The average Bonchev–Trinajstić information content (AvgIpc) is 3.32. The molecule has 0 unspecified atom stereocenters. The maximum Gasteiger partial charge on any atom is 0.249 e. The molecule has 4 bridgehead atoms. The number of amidine groups is 1. The van der Waals surface area contributed by atoms with Crippen LogP contribution in [-0.4, -0.2) is 118 Å². The van der Waals surface area contributed by atoms with Gasteiger partial charge in [-0.05, 0) is 107 Å². The number of fused-ring (bicyclic) bond motifs is 5. The fourth-order valence-corrected chi connectivity index (χ4v) is 7.03. The highest BCUT2D eigenvalue weighted by Gasteiger charge is 2.36.